The number of anilines is 1. The van der Waals surface area contributed by atoms with E-state index in [1.54, 1.807) is 7.11 Å². The Morgan fingerprint density at radius 3 is 2.76 bits per heavy atom. The van der Waals surface area contributed by atoms with E-state index < -0.39 is 0 Å². The van der Waals surface area contributed by atoms with Gasteiger partial charge in [0.15, 0.2) is 11.5 Å². The Morgan fingerprint density at radius 2 is 2.00 bits per heavy atom. The van der Waals surface area contributed by atoms with Crippen LogP contribution >= 0.6 is 0 Å². The monoisotopic (exact) mass is 286 g/mol. The maximum Gasteiger partial charge on any atom is 0.161 e. The van der Waals surface area contributed by atoms with E-state index in [-0.39, 0.29) is 0 Å². The molecule has 0 fully saturated rings. The van der Waals surface area contributed by atoms with Crippen molar-refractivity contribution in [3.05, 3.63) is 47.7 Å². The first kappa shape index (κ1) is 15.2. The van der Waals surface area contributed by atoms with Crippen molar-refractivity contribution in [1.29, 1.82) is 0 Å². The standard InChI is InChI=1S/C17H22N2O2/c1-4-10-18-17-7-5-6-14(19-17)12-21-15-9-8-13(2)11-16(15)20-3/h5-9,11H,4,10,12H2,1-3H3,(H,18,19). The summed E-state index contributed by atoms with van der Waals surface area (Å²) in [5.74, 6) is 2.36. The Bertz CT molecular complexity index is 585. The van der Waals surface area contributed by atoms with Crippen LogP contribution in [0.5, 0.6) is 11.5 Å². The van der Waals surface area contributed by atoms with Crippen LogP contribution in [0.1, 0.15) is 24.6 Å². The van der Waals surface area contributed by atoms with E-state index in [9.17, 15) is 0 Å². The predicted molar refractivity (Wildman–Crippen MR) is 85.1 cm³/mol. The fourth-order valence-electron chi connectivity index (χ4n) is 1.96. The highest BCUT2D eigenvalue weighted by atomic mass is 16.5. The van der Waals surface area contributed by atoms with Gasteiger partial charge >= 0.3 is 0 Å². The molecule has 0 unspecified atom stereocenters. The molecular weight excluding hydrogens is 264 g/mol. The number of nitrogens with zero attached hydrogens (tertiary/aromatic N) is 1. The van der Waals surface area contributed by atoms with Gasteiger partial charge in [0.2, 0.25) is 0 Å². The molecule has 0 spiro atoms. The van der Waals surface area contributed by atoms with Gasteiger partial charge in [-0.05, 0) is 43.2 Å². The molecule has 4 nitrogen and oxygen atoms in total. The number of aryl methyl sites for hydroxylation is 1. The minimum Gasteiger partial charge on any atom is -0.493 e. The van der Waals surface area contributed by atoms with Gasteiger partial charge in [0.05, 0.1) is 12.8 Å². The highest BCUT2D eigenvalue weighted by Gasteiger charge is 2.05. The summed E-state index contributed by atoms with van der Waals surface area (Å²) < 4.78 is 11.1. The number of hydrogen-bond donors (Lipinski definition) is 1. The van der Waals surface area contributed by atoms with Gasteiger partial charge in [0, 0.05) is 6.54 Å². The van der Waals surface area contributed by atoms with Gasteiger partial charge in [-0.2, -0.15) is 0 Å². The Balaban J connectivity index is 2.02. The Hall–Kier alpha value is -2.23. The van der Waals surface area contributed by atoms with Gasteiger partial charge in [-0.3, -0.25) is 0 Å². The molecule has 0 atom stereocenters. The summed E-state index contributed by atoms with van der Waals surface area (Å²) in [4.78, 5) is 4.52. The van der Waals surface area contributed by atoms with Crippen LogP contribution in [0.25, 0.3) is 0 Å². The average Bonchev–Trinajstić information content (AvgIpc) is 2.52. The number of aromatic nitrogens is 1. The number of benzene rings is 1. The van der Waals surface area contributed by atoms with Gasteiger partial charge in [0.1, 0.15) is 12.4 Å². The van der Waals surface area contributed by atoms with Crippen molar-refractivity contribution >= 4 is 5.82 Å². The zero-order valence-electron chi connectivity index (χ0n) is 12.8. The van der Waals surface area contributed by atoms with E-state index in [4.69, 9.17) is 9.47 Å². The van der Waals surface area contributed by atoms with E-state index in [0.29, 0.717) is 6.61 Å². The minimum absolute atomic E-state index is 0.418. The first-order chi connectivity index (χ1) is 10.2. The molecule has 0 radical (unpaired) electrons. The molecule has 0 saturated heterocycles. The fraction of sp³-hybridized carbons (Fsp3) is 0.353. The van der Waals surface area contributed by atoms with E-state index in [1.807, 2.05) is 43.3 Å². The van der Waals surface area contributed by atoms with Crippen LogP contribution in [0.4, 0.5) is 5.82 Å². The molecular formula is C17H22N2O2. The normalized spacial score (nSPS) is 10.2. The van der Waals surface area contributed by atoms with E-state index >= 15 is 0 Å². The summed E-state index contributed by atoms with van der Waals surface area (Å²) in [6, 6.07) is 11.8. The molecule has 0 aliphatic rings. The minimum atomic E-state index is 0.418. The zero-order valence-corrected chi connectivity index (χ0v) is 12.8. The Labute approximate surface area is 126 Å². The van der Waals surface area contributed by atoms with Crippen LogP contribution in [0, 0.1) is 6.92 Å². The molecule has 21 heavy (non-hydrogen) atoms. The molecule has 1 N–H and O–H groups in total. The second-order valence-corrected chi connectivity index (χ2v) is 4.88. The third-order valence-corrected chi connectivity index (χ3v) is 3.06. The lowest BCUT2D eigenvalue weighted by atomic mass is 10.2. The topological polar surface area (TPSA) is 43.4 Å². The molecule has 1 aromatic heterocycles. The van der Waals surface area contributed by atoms with Crippen molar-refractivity contribution in [2.45, 2.75) is 26.9 Å². The van der Waals surface area contributed by atoms with E-state index in [0.717, 1.165) is 41.5 Å². The summed E-state index contributed by atoms with van der Waals surface area (Å²) in [5.41, 5.74) is 2.03. The first-order valence-electron chi connectivity index (χ1n) is 7.20. The molecule has 0 aliphatic carbocycles. The van der Waals surface area contributed by atoms with Crippen LogP contribution in [0.3, 0.4) is 0 Å². The maximum absolute atomic E-state index is 5.81. The van der Waals surface area contributed by atoms with Crippen LogP contribution in [0.15, 0.2) is 36.4 Å². The van der Waals surface area contributed by atoms with E-state index in [1.165, 1.54) is 0 Å². The molecule has 2 aromatic rings. The number of pyridine rings is 1. The summed E-state index contributed by atoms with van der Waals surface area (Å²) >= 11 is 0. The van der Waals surface area contributed by atoms with Gasteiger partial charge in [-0.1, -0.05) is 19.1 Å². The van der Waals surface area contributed by atoms with Crippen molar-refractivity contribution in [3.8, 4) is 11.5 Å². The average molecular weight is 286 g/mol. The molecule has 4 heteroatoms. The highest BCUT2D eigenvalue weighted by molar-refractivity contribution is 5.42. The third kappa shape index (κ3) is 4.38. The van der Waals surface area contributed by atoms with Crippen molar-refractivity contribution in [3.63, 3.8) is 0 Å². The molecule has 112 valence electrons. The molecule has 0 bridgehead atoms. The number of ether oxygens (including phenoxy) is 2. The smallest absolute Gasteiger partial charge is 0.161 e. The number of nitrogens with one attached hydrogen (secondary N) is 1. The molecule has 0 amide bonds. The number of hydrogen-bond acceptors (Lipinski definition) is 4. The SMILES string of the molecule is CCCNc1cccc(COc2ccc(C)cc2OC)n1. The largest absolute Gasteiger partial charge is 0.493 e. The van der Waals surface area contributed by atoms with Gasteiger partial charge in [-0.15, -0.1) is 0 Å². The van der Waals surface area contributed by atoms with Gasteiger partial charge in [-0.25, -0.2) is 4.98 Å². The lowest BCUT2D eigenvalue weighted by Crippen LogP contribution is -2.05. The predicted octanol–water partition coefficient (Wildman–Crippen LogP) is 3.80. The summed E-state index contributed by atoms with van der Waals surface area (Å²) in [6.07, 6.45) is 1.07. The lowest BCUT2D eigenvalue weighted by Gasteiger charge is -2.11. The van der Waals surface area contributed by atoms with E-state index in [2.05, 4.69) is 17.2 Å². The number of methoxy groups -OCH3 is 1. The molecule has 1 aromatic carbocycles. The van der Waals surface area contributed by atoms with Crippen LogP contribution < -0.4 is 14.8 Å². The van der Waals surface area contributed by atoms with Crippen LogP contribution in [-0.4, -0.2) is 18.6 Å². The van der Waals surface area contributed by atoms with Gasteiger partial charge in [0.25, 0.3) is 0 Å². The summed E-state index contributed by atoms with van der Waals surface area (Å²) in [6.45, 7) is 5.49. The van der Waals surface area contributed by atoms with Crippen molar-refractivity contribution in [2.75, 3.05) is 19.0 Å². The second-order valence-electron chi connectivity index (χ2n) is 4.88. The molecule has 2 rings (SSSR count). The Kier molecular flexibility index (Phi) is 5.43. The van der Waals surface area contributed by atoms with Crippen molar-refractivity contribution in [2.24, 2.45) is 0 Å². The summed E-state index contributed by atoms with van der Waals surface area (Å²) in [5, 5.41) is 3.27. The molecule has 0 aliphatic heterocycles. The lowest BCUT2D eigenvalue weighted by molar-refractivity contribution is 0.280. The first-order valence-corrected chi connectivity index (χ1v) is 7.20. The maximum atomic E-state index is 5.81. The third-order valence-electron chi connectivity index (χ3n) is 3.06. The fourth-order valence-corrected chi connectivity index (χ4v) is 1.96. The second kappa shape index (κ2) is 7.53. The Morgan fingerprint density at radius 1 is 1.14 bits per heavy atom. The van der Waals surface area contributed by atoms with Crippen molar-refractivity contribution < 1.29 is 9.47 Å². The number of rotatable bonds is 7. The van der Waals surface area contributed by atoms with Gasteiger partial charge < -0.3 is 14.8 Å². The molecule has 1 heterocycles. The van der Waals surface area contributed by atoms with Crippen LogP contribution in [-0.2, 0) is 6.61 Å². The zero-order chi connectivity index (χ0) is 15.1. The summed E-state index contributed by atoms with van der Waals surface area (Å²) in [7, 11) is 1.65. The quantitative estimate of drug-likeness (QED) is 0.840. The molecule has 0 saturated carbocycles. The highest BCUT2D eigenvalue weighted by Crippen LogP contribution is 2.28. The van der Waals surface area contributed by atoms with Crippen molar-refractivity contribution in [1.82, 2.24) is 4.98 Å². The van der Waals surface area contributed by atoms with Crippen LogP contribution in [0.2, 0.25) is 0 Å².